The lowest BCUT2D eigenvalue weighted by molar-refractivity contribution is -0.128. The minimum Gasteiger partial charge on any atom is -0.497 e. The molecule has 0 aliphatic carbocycles. The highest BCUT2D eigenvalue weighted by atomic mass is 16.6. The molecule has 1 atom stereocenters. The molecule has 5 nitrogen and oxygen atoms in total. The van der Waals surface area contributed by atoms with E-state index in [1.165, 1.54) is 0 Å². The summed E-state index contributed by atoms with van der Waals surface area (Å²) in [6.07, 6.45) is 1.80. The average Bonchev–Trinajstić information content (AvgIpc) is 2.61. The fourth-order valence-corrected chi connectivity index (χ4v) is 2.39. The van der Waals surface area contributed by atoms with Crippen LogP contribution in [0.5, 0.6) is 17.2 Å². The van der Waals surface area contributed by atoms with E-state index >= 15 is 0 Å². The van der Waals surface area contributed by atoms with Crippen LogP contribution in [-0.4, -0.2) is 24.5 Å². The molecule has 1 N–H and O–H groups in total. The van der Waals surface area contributed by atoms with E-state index in [1.807, 2.05) is 30.3 Å². The summed E-state index contributed by atoms with van der Waals surface area (Å²) >= 11 is 0. The number of rotatable bonds is 4. The highest BCUT2D eigenvalue weighted by Gasteiger charge is 2.22. The van der Waals surface area contributed by atoms with Gasteiger partial charge in [-0.1, -0.05) is 18.7 Å². The summed E-state index contributed by atoms with van der Waals surface area (Å²) in [5.74, 6) is 0.946. The van der Waals surface area contributed by atoms with Gasteiger partial charge in [-0.2, -0.15) is 0 Å². The smallest absolute Gasteiger partial charge is 0.335 e. The van der Waals surface area contributed by atoms with Crippen LogP contribution in [0.3, 0.4) is 0 Å². The lowest BCUT2D eigenvalue weighted by Gasteiger charge is -2.24. The maximum Gasteiger partial charge on any atom is 0.335 e. The average molecular weight is 324 g/mol. The molecule has 2 aromatic rings. The zero-order valence-electron chi connectivity index (χ0n) is 13.1. The molecule has 1 heterocycles. The quantitative estimate of drug-likeness (QED) is 0.532. The van der Waals surface area contributed by atoms with Crippen molar-refractivity contribution in [3.63, 3.8) is 0 Å². The second-order valence-electron chi connectivity index (χ2n) is 5.12. The van der Waals surface area contributed by atoms with E-state index in [9.17, 15) is 9.90 Å². The van der Waals surface area contributed by atoms with Gasteiger partial charge in [0.25, 0.3) is 0 Å². The summed E-state index contributed by atoms with van der Waals surface area (Å²) in [4.78, 5) is 11.3. The Labute approximate surface area is 139 Å². The highest BCUT2D eigenvalue weighted by Crippen LogP contribution is 2.36. The van der Waals surface area contributed by atoms with Gasteiger partial charge in [0.2, 0.25) is 6.29 Å². The van der Waals surface area contributed by atoms with Gasteiger partial charge in [0, 0.05) is 23.3 Å². The van der Waals surface area contributed by atoms with Gasteiger partial charge in [-0.3, -0.25) is 0 Å². The molecule has 1 aliphatic rings. The van der Waals surface area contributed by atoms with Gasteiger partial charge in [-0.15, -0.1) is 0 Å². The normalized spacial score (nSPS) is 15.6. The van der Waals surface area contributed by atoms with Crippen molar-refractivity contribution in [3.8, 4) is 17.2 Å². The van der Waals surface area contributed by atoms with E-state index in [4.69, 9.17) is 14.2 Å². The summed E-state index contributed by atoms with van der Waals surface area (Å²) in [5, 5.41) is 10.3. The number of fused-ring (bicyclic) bond motifs is 1. The van der Waals surface area contributed by atoms with Crippen molar-refractivity contribution in [1.82, 2.24) is 0 Å². The Morgan fingerprint density at radius 3 is 2.58 bits per heavy atom. The van der Waals surface area contributed by atoms with Gasteiger partial charge >= 0.3 is 5.97 Å². The topological polar surface area (TPSA) is 65.0 Å². The third-order valence-corrected chi connectivity index (χ3v) is 3.61. The van der Waals surface area contributed by atoms with Gasteiger partial charge in [-0.25, -0.2) is 4.79 Å². The Kier molecular flexibility index (Phi) is 4.35. The molecule has 3 rings (SSSR count). The van der Waals surface area contributed by atoms with Crippen molar-refractivity contribution in [3.05, 3.63) is 66.2 Å². The molecule has 1 aliphatic heterocycles. The Morgan fingerprint density at radius 1 is 1.21 bits per heavy atom. The third-order valence-electron chi connectivity index (χ3n) is 3.61. The summed E-state index contributed by atoms with van der Waals surface area (Å²) in [7, 11) is 1.60. The minimum absolute atomic E-state index is 0.326. The number of hydrogen-bond acceptors (Lipinski definition) is 5. The number of benzene rings is 2. The standard InChI is InChI=1S/C19H16O5/c1-3-18(20)23-15-9-6-13-10-16(19(21)24-17(13)11-15)12-4-7-14(22-2)8-5-12/h3-11,19,21H,1H2,2H3. The number of ether oxygens (including phenoxy) is 3. The van der Waals surface area contributed by atoms with Crippen LogP contribution >= 0.6 is 0 Å². The lowest BCUT2D eigenvalue weighted by Crippen LogP contribution is -2.21. The van der Waals surface area contributed by atoms with Crippen molar-refractivity contribution >= 4 is 17.6 Å². The van der Waals surface area contributed by atoms with Crippen LogP contribution < -0.4 is 14.2 Å². The van der Waals surface area contributed by atoms with Crippen molar-refractivity contribution in [2.45, 2.75) is 6.29 Å². The van der Waals surface area contributed by atoms with Crippen molar-refractivity contribution in [2.24, 2.45) is 0 Å². The van der Waals surface area contributed by atoms with E-state index in [0.717, 1.165) is 23.0 Å². The highest BCUT2D eigenvalue weighted by molar-refractivity contribution is 5.87. The Bertz CT molecular complexity index is 805. The van der Waals surface area contributed by atoms with Crippen LogP contribution in [0.4, 0.5) is 0 Å². The monoisotopic (exact) mass is 324 g/mol. The van der Waals surface area contributed by atoms with E-state index in [1.54, 1.807) is 25.3 Å². The SMILES string of the molecule is C=CC(=O)Oc1ccc2c(c1)OC(O)C(c1ccc(OC)cc1)=C2. The molecule has 122 valence electrons. The zero-order valence-corrected chi connectivity index (χ0v) is 13.1. The van der Waals surface area contributed by atoms with Crippen molar-refractivity contribution in [2.75, 3.05) is 7.11 Å². The summed E-state index contributed by atoms with van der Waals surface area (Å²) in [6, 6.07) is 12.3. The molecule has 0 amide bonds. The number of methoxy groups -OCH3 is 1. The van der Waals surface area contributed by atoms with E-state index in [0.29, 0.717) is 17.1 Å². The summed E-state index contributed by atoms with van der Waals surface area (Å²) in [5.41, 5.74) is 2.25. The first-order valence-corrected chi connectivity index (χ1v) is 7.30. The summed E-state index contributed by atoms with van der Waals surface area (Å²) < 4.78 is 15.7. The molecule has 24 heavy (non-hydrogen) atoms. The molecule has 0 spiro atoms. The van der Waals surface area contributed by atoms with Crippen molar-refractivity contribution < 1.29 is 24.1 Å². The molecule has 0 saturated carbocycles. The van der Waals surface area contributed by atoms with Gasteiger partial charge in [0.15, 0.2) is 0 Å². The maximum atomic E-state index is 11.3. The molecule has 0 bridgehead atoms. The van der Waals surface area contributed by atoms with E-state index < -0.39 is 12.3 Å². The predicted molar refractivity (Wildman–Crippen MR) is 89.8 cm³/mol. The fraction of sp³-hybridized carbons (Fsp3) is 0.105. The summed E-state index contributed by atoms with van der Waals surface area (Å²) in [6.45, 7) is 3.35. The fourth-order valence-electron chi connectivity index (χ4n) is 2.39. The van der Waals surface area contributed by atoms with E-state index in [-0.39, 0.29) is 0 Å². The zero-order chi connectivity index (χ0) is 17.1. The number of aliphatic hydroxyl groups is 1. The molecule has 5 heteroatoms. The number of aliphatic hydroxyl groups excluding tert-OH is 1. The van der Waals surface area contributed by atoms with Gasteiger partial charge in [0.1, 0.15) is 17.2 Å². The van der Waals surface area contributed by atoms with E-state index in [2.05, 4.69) is 6.58 Å². The molecule has 2 aromatic carbocycles. The first-order valence-electron chi connectivity index (χ1n) is 7.30. The lowest BCUT2D eigenvalue weighted by atomic mass is 9.99. The molecule has 0 saturated heterocycles. The molecule has 0 radical (unpaired) electrons. The van der Waals surface area contributed by atoms with Crippen LogP contribution in [-0.2, 0) is 4.79 Å². The van der Waals surface area contributed by atoms with Crippen LogP contribution in [0.15, 0.2) is 55.1 Å². The number of hydrogen-bond donors (Lipinski definition) is 1. The molecular weight excluding hydrogens is 308 g/mol. The first kappa shape index (κ1) is 15.8. The minimum atomic E-state index is -1.11. The molecular formula is C19H16O5. The van der Waals surface area contributed by atoms with Gasteiger partial charge < -0.3 is 19.3 Å². The number of carbonyl (C=O) groups excluding carboxylic acids is 1. The van der Waals surface area contributed by atoms with Crippen LogP contribution in [0.1, 0.15) is 11.1 Å². The second-order valence-corrected chi connectivity index (χ2v) is 5.12. The third kappa shape index (κ3) is 3.16. The van der Waals surface area contributed by atoms with Crippen LogP contribution in [0, 0.1) is 0 Å². The predicted octanol–water partition coefficient (Wildman–Crippen LogP) is 3.04. The largest absolute Gasteiger partial charge is 0.497 e. The Balaban J connectivity index is 1.91. The molecule has 0 aromatic heterocycles. The molecule has 0 fully saturated rings. The van der Waals surface area contributed by atoms with Gasteiger partial charge in [-0.05, 0) is 35.9 Å². The van der Waals surface area contributed by atoms with Crippen LogP contribution in [0.2, 0.25) is 0 Å². The Hall–Kier alpha value is -3.05. The second kappa shape index (κ2) is 6.60. The maximum absolute atomic E-state index is 11.3. The number of carbonyl (C=O) groups is 1. The van der Waals surface area contributed by atoms with Crippen molar-refractivity contribution in [1.29, 1.82) is 0 Å². The van der Waals surface area contributed by atoms with Gasteiger partial charge in [0.05, 0.1) is 7.11 Å². The first-order chi connectivity index (χ1) is 11.6. The van der Waals surface area contributed by atoms with Crippen LogP contribution in [0.25, 0.3) is 11.6 Å². The number of esters is 1. The Morgan fingerprint density at radius 2 is 1.92 bits per heavy atom. The molecule has 1 unspecified atom stereocenters.